The van der Waals surface area contributed by atoms with E-state index < -0.39 is 17.7 Å². The van der Waals surface area contributed by atoms with Crippen molar-refractivity contribution in [3.63, 3.8) is 0 Å². The number of fused-ring (bicyclic) bond motifs is 3. The molecule has 10 nitrogen and oxygen atoms in total. The van der Waals surface area contributed by atoms with Crippen LogP contribution >= 0.6 is 0 Å². The lowest BCUT2D eigenvalue weighted by molar-refractivity contribution is -0.138. The number of carboxylic acid groups (broad SMARTS) is 1. The molecule has 0 atom stereocenters. The minimum absolute atomic E-state index is 0.0775. The van der Waals surface area contributed by atoms with Crippen molar-refractivity contribution in [3.8, 4) is 5.69 Å². The molecular weight excluding hydrogens is 557 g/mol. The molecule has 42 heavy (non-hydrogen) atoms. The minimum atomic E-state index is -4.40. The fourth-order valence-electron chi connectivity index (χ4n) is 4.45. The van der Waals surface area contributed by atoms with Crippen molar-refractivity contribution in [2.45, 2.75) is 25.4 Å². The summed E-state index contributed by atoms with van der Waals surface area (Å²) in [5, 5.41) is 17.6. The second-order valence-electron chi connectivity index (χ2n) is 9.60. The van der Waals surface area contributed by atoms with Gasteiger partial charge >= 0.3 is 12.1 Å². The number of ether oxygens (including phenoxy) is 3. The van der Waals surface area contributed by atoms with Crippen molar-refractivity contribution in [1.82, 2.24) is 19.7 Å². The molecule has 13 heteroatoms. The number of aliphatic carboxylic acids is 1. The van der Waals surface area contributed by atoms with E-state index in [2.05, 4.69) is 16.5 Å². The smallest absolute Gasteiger partial charge is 0.416 e. The van der Waals surface area contributed by atoms with E-state index in [1.807, 2.05) is 22.9 Å². The quantitative estimate of drug-likeness (QED) is 0.189. The molecule has 2 heterocycles. The molecule has 2 N–H and O–H groups in total. The molecule has 1 amide bonds. The first-order valence-electron chi connectivity index (χ1n) is 13.5. The molecule has 0 spiro atoms. The summed E-state index contributed by atoms with van der Waals surface area (Å²) >= 11 is 0. The third-order valence-corrected chi connectivity index (χ3v) is 6.48. The Bertz CT molecular complexity index is 1500. The van der Waals surface area contributed by atoms with Crippen molar-refractivity contribution >= 4 is 33.8 Å². The number of nitrogens with zero attached hydrogens (tertiary/aromatic N) is 3. The molecule has 0 saturated carbocycles. The van der Waals surface area contributed by atoms with Gasteiger partial charge in [-0.05, 0) is 48.4 Å². The van der Waals surface area contributed by atoms with E-state index in [-0.39, 0.29) is 32.0 Å². The first-order valence-corrected chi connectivity index (χ1v) is 13.5. The number of nitrogens with one attached hydrogen (secondary N) is 1. The van der Waals surface area contributed by atoms with Crippen LogP contribution in [0.3, 0.4) is 0 Å². The zero-order valence-corrected chi connectivity index (χ0v) is 23.2. The van der Waals surface area contributed by atoms with Crippen LogP contribution in [0.5, 0.6) is 0 Å². The van der Waals surface area contributed by atoms with E-state index in [4.69, 9.17) is 19.3 Å². The summed E-state index contributed by atoms with van der Waals surface area (Å²) in [5.41, 5.74) is 2.46. The van der Waals surface area contributed by atoms with Gasteiger partial charge in [0.1, 0.15) is 0 Å². The topological polar surface area (TPSA) is 117 Å². The van der Waals surface area contributed by atoms with Crippen LogP contribution in [0.25, 0.3) is 27.6 Å². The van der Waals surface area contributed by atoms with Gasteiger partial charge in [0.05, 0.1) is 57.1 Å². The molecule has 2 aromatic heterocycles. The van der Waals surface area contributed by atoms with Gasteiger partial charge < -0.3 is 24.6 Å². The van der Waals surface area contributed by atoms with E-state index in [9.17, 15) is 22.8 Å². The molecule has 4 aromatic rings. The zero-order valence-electron chi connectivity index (χ0n) is 23.2. The number of hydrogen-bond acceptors (Lipinski definition) is 6. The molecule has 0 unspecified atom stereocenters. The monoisotopic (exact) mass is 590 g/mol. The molecule has 0 bridgehead atoms. The molecule has 0 aliphatic rings. The lowest BCUT2D eigenvalue weighted by Gasteiger charge is -2.10. The van der Waals surface area contributed by atoms with Crippen LogP contribution in [0, 0.1) is 0 Å². The number of amides is 1. The molecule has 0 fully saturated rings. The Morgan fingerprint density at radius 3 is 2.31 bits per heavy atom. The summed E-state index contributed by atoms with van der Waals surface area (Å²) in [6.07, 6.45) is -1.78. The highest BCUT2D eigenvalue weighted by atomic mass is 19.4. The Kier molecular flexibility index (Phi) is 10.6. The van der Waals surface area contributed by atoms with Crippen LogP contribution in [-0.4, -0.2) is 77.5 Å². The Balaban J connectivity index is 1.21. The predicted octanol–water partition coefficient (Wildman–Crippen LogP) is 4.11. The molecule has 226 valence electrons. The number of rotatable bonds is 16. The van der Waals surface area contributed by atoms with Gasteiger partial charge in [-0.1, -0.05) is 6.07 Å². The average Bonchev–Trinajstić information content (AvgIpc) is 3.45. The zero-order chi connectivity index (χ0) is 30.1. The van der Waals surface area contributed by atoms with Crippen LogP contribution in [0.4, 0.5) is 13.2 Å². The fraction of sp³-hybridized carbons (Fsp3) is 0.414. The summed E-state index contributed by atoms with van der Waals surface area (Å²) in [5.74, 6) is -1.14. The Labute approximate surface area is 239 Å². The van der Waals surface area contributed by atoms with Gasteiger partial charge in [-0.25, -0.2) is 0 Å². The van der Waals surface area contributed by atoms with Crippen molar-refractivity contribution in [2.24, 2.45) is 7.05 Å². The summed E-state index contributed by atoms with van der Waals surface area (Å²) in [7, 11) is 1.80. The summed E-state index contributed by atoms with van der Waals surface area (Å²) in [6, 6.07) is 11.0. The summed E-state index contributed by atoms with van der Waals surface area (Å²) in [4.78, 5) is 22.1. The van der Waals surface area contributed by atoms with E-state index in [0.29, 0.717) is 50.7 Å². The molecular formula is C29H33F3N4O6. The van der Waals surface area contributed by atoms with Crippen LogP contribution in [0.1, 0.15) is 24.0 Å². The van der Waals surface area contributed by atoms with Crippen LogP contribution in [-0.2, 0) is 43.4 Å². The third-order valence-electron chi connectivity index (χ3n) is 6.48. The second-order valence-corrected chi connectivity index (χ2v) is 9.60. The highest BCUT2D eigenvalue weighted by Gasteiger charge is 2.30. The van der Waals surface area contributed by atoms with Gasteiger partial charge in [-0.2, -0.15) is 18.3 Å². The fourth-order valence-corrected chi connectivity index (χ4v) is 4.45. The summed E-state index contributed by atoms with van der Waals surface area (Å²) in [6.45, 7) is 2.17. The van der Waals surface area contributed by atoms with E-state index in [1.165, 1.54) is 12.1 Å². The number of carbonyl (C=O) groups is 2. The molecule has 0 radical (unpaired) electrons. The third kappa shape index (κ3) is 8.30. The van der Waals surface area contributed by atoms with Crippen LogP contribution in [0.2, 0.25) is 0 Å². The van der Waals surface area contributed by atoms with Crippen LogP contribution < -0.4 is 5.32 Å². The SMILES string of the molecule is Cn1cc2c3cc(CCOCCOCCNC(=O)CCOCCC(=O)O)ccc3n(-c3ccc(C(F)(F)F)cc3)c2n1. The normalized spacial score (nSPS) is 11.9. The number of alkyl halides is 3. The van der Waals surface area contributed by atoms with Gasteiger partial charge in [-0.3, -0.25) is 18.8 Å². The standard InChI is InChI=1S/C29H33F3N4O6/c1-35-19-24-23-18-20(8-12-41-16-17-42-15-11-33-26(37)9-13-40-14-10-27(38)39)2-7-25(23)36(28(24)34-35)22-5-3-21(4-6-22)29(30,31)32/h2-7,18-19H,8-17H2,1H3,(H,33,37)(H,38,39). The molecule has 0 aliphatic carbocycles. The highest BCUT2D eigenvalue weighted by Crippen LogP contribution is 2.34. The lowest BCUT2D eigenvalue weighted by atomic mass is 10.1. The molecule has 0 saturated heterocycles. The van der Waals surface area contributed by atoms with Gasteiger partial charge in [0.15, 0.2) is 5.65 Å². The van der Waals surface area contributed by atoms with Crippen molar-refractivity contribution < 1.29 is 42.1 Å². The minimum Gasteiger partial charge on any atom is -0.481 e. The van der Waals surface area contributed by atoms with Gasteiger partial charge in [0, 0.05) is 42.7 Å². The maximum atomic E-state index is 13.1. The predicted molar refractivity (Wildman–Crippen MR) is 149 cm³/mol. The van der Waals surface area contributed by atoms with Gasteiger partial charge in [0.2, 0.25) is 5.91 Å². The van der Waals surface area contributed by atoms with Crippen molar-refractivity contribution in [3.05, 3.63) is 59.8 Å². The Morgan fingerprint density at radius 2 is 1.60 bits per heavy atom. The Morgan fingerprint density at radius 1 is 0.905 bits per heavy atom. The first-order chi connectivity index (χ1) is 20.1. The van der Waals surface area contributed by atoms with E-state index in [1.54, 1.807) is 11.7 Å². The maximum Gasteiger partial charge on any atom is 0.416 e. The first kappa shape index (κ1) is 31.0. The molecule has 0 aliphatic heterocycles. The largest absolute Gasteiger partial charge is 0.481 e. The number of aryl methyl sites for hydroxylation is 1. The van der Waals surface area contributed by atoms with Gasteiger partial charge in [0.25, 0.3) is 0 Å². The Hall–Kier alpha value is -3.94. The van der Waals surface area contributed by atoms with Crippen molar-refractivity contribution in [1.29, 1.82) is 0 Å². The van der Waals surface area contributed by atoms with Crippen LogP contribution in [0.15, 0.2) is 48.7 Å². The number of hydrogen-bond donors (Lipinski definition) is 2. The highest BCUT2D eigenvalue weighted by molar-refractivity contribution is 6.08. The van der Waals surface area contributed by atoms with Crippen molar-refractivity contribution in [2.75, 3.05) is 46.2 Å². The maximum absolute atomic E-state index is 13.1. The van der Waals surface area contributed by atoms with E-state index >= 15 is 0 Å². The summed E-state index contributed by atoms with van der Waals surface area (Å²) < 4.78 is 59.0. The average molecular weight is 591 g/mol. The number of carboxylic acids is 1. The number of aromatic nitrogens is 3. The van der Waals surface area contributed by atoms with E-state index in [0.717, 1.165) is 34.0 Å². The number of benzene rings is 2. The molecule has 4 rings (SSSR count). The number of carbonyl (C=O) groups excluding carboxylic acids is 1. The van der Waals surface area contributed by atoms with Gasteiger partial charge in [-0.15, -0.1) is 0 Å². The lowest BCUT2D eigenvalue weighted by Crippen LogP contribution is -2.28. The second kappa shape index (κ2) is 14.3. The molecule has 2 aromatic carbocycles. The number of halogens is 3.